The van der Waals surface area contributed by atoms with E-state index in [-0.39, 0.29) is 5.54 Å². The lowest BCUT2D eigenvalue weighted by molar-refractivity contribution is -0.181. The number of hydrogen-bond donors (Lipinski definition) is 1. The third-order valence-electron chi connectivity index (χ3n) is 6.26. The van der Waals surface area contributed by atoms with Crippen LogP contribution in [-0.4, -0.2) is 115 Å². The fourth-order valence-electron chi connectivity index (χ4n) is 4.28. The second kappa shape index (κ2) is 10.1. The first kappa shape index (κ1) is 23.0. The minimum absolute atomic E-state index is 0.0712. The Bertz CT molecular complexity index is 542. The highest BCUT2D eigenvalue weighted by molar-refractivity contribution is 7.99. The summed E-state index contributed by atoms with van der Waals surface area (Å²) in [5.41, 5.74) is 0.0712. The number of halogens is 3. The first-order chi connectivity index (χ1) is 13.9. The highest BCUT2D eigenvalue weighted by atomic mass is 32.2. The zero-order valence-corrected chi connectivity index (χ0v) is 18.3. The molecule has 0 amide bonds. The molecule has 0 aromatic rings. The summed E-state index contributed by atoms with van der Waals surface area (Å²) in [6.45, 7) is 10.1. The molecule has 0 spiro atoms. The Morgan fingerprint density at radius 3 is 2.41 bits per heavy atom. The van der Waals surface area contributed by atoms with Crippen molar-refractivity contribution in [2.75, 3.05) is 77.1 Å². The van der Waals surface area contributed by atoms with E-state index in [2.05, 4.69) is 15.1 Å². The zero-order valence-electron chi connectivity index (χ0n) is 17.5. The van der Waals surface area contributed by atoms with Crippen LogP contribution in [0.25, 0.3) is 0 Å². The van der Waals surface area contributed by atoms with Gasteiger partial charge in [-0.1, -0.05) is 0 Å². The third-order valence-corrected chi connectivity index (χ3v) is 7.49. The Balaban J connectivity index is 1.64. The van der Waals surface area contributed by atoms with Crippen LogP contribution in [0.2, 0.25) is 0 Å². The minimum atomic E-state index is -4.18. The standard InChI is InChI=1S/C19H34F3N5OS/c1-3-23-17(26-7-5-25(6-8-26)16(2)19(20,21)22)24-14-18(4-13-29-15-18)27-9-11-28-12-10-27/h16H,3-15H2,1-2H3,(H,23,24). The number of rotatable bonds is 5. The number of nitrogens with zero attached hydrogens (tertiary/aromatic N) is 4. The summed E-state index contributed by atoms with van der Waals surface area (Å²) in [5, 5.41) is 3.36. The summed E-state index contributed by atoms with van der Waals surface area (Å²) < 4.78 is 44.6. The Labute approximate surface area is 176 Å². The molecule has 3 aliphatic rings. The highest BCUT2D eigenvalue weighted by Crippen LogP contribution is 2.34. The zero-order chi connectivity index (χ0) is 20.9. The van der Waals surface area contributed by atoms with E-state index in [9.17, 15) is 13.2 Å². The van der Waals surface area contributed by atoms with Crippen molar-refractivity contribution >= 4 is 17.7 Å². The van der Waals surface area contributed by atoms with Gasteiger partial charge in [0.1, 0.15) is 6.04 Å². The van der Waals surface area contributed by atoms with Crippen LogP contribution < -0.4 is 5.32 Å². The van der Waals surface area contributed by atoms with E-state index in [1.54, 1.807) is 0 Å². The van der Waals surface area contributed by atoms with E-state index in [1.165, 1.54) is 11.8 Å². The number of guanidine groups is 1. The van der Waals surface area contributed by atoms with E-state index in [0.29, 0.717) is 26.2 Å². The van der Waals surface area contributed by atoms with Crippen LogP contribution in [0.4, 0.5) is 13.2 Å². The molecule has 3 rings (SSSR count). The van der Waals surface area contributed by atoms with Crippen LogP contribution in [0.1, 0.15) is 20.3 Å². The van der Waals surface area contributed by atoms with Crippen molar-refractivity contribution < 1.29 is 17.9 Å². The van der Waals surface area contributed by atoms with Crippen LogP contribution in [0, 0.1) is 0 Å². The molecule has 1 N–H and O–H groups in total. The average molecular weight is 438 g/mol. The van der Waals surface area contributed by atoms with Gasteiger partial charge in [0.05, 0.1) is 25.3 Å². The predicted molar refractivity (Wildman–Crippen MR) is 112 cm³/mol. The molecule has 0 aromatic heterocycles. The SMILES string of the molecule is CCNC(=NCC1(N2CCOCC2)CCSC1)N1CCN(C(C)C(F)(F)F)CC1. The molecular weight excluding hydrogens is 403 g/mol. The molecule has 3 aliphatic heterocycles. The van der Waals surface area contributed by atoms with Gasteiger partial charge < -0.3 is 15.0 Å². The third kappa shape index (κ3) is 5.71. The van der Waals surface area contributed by atoms with Crippen LogP contribution in [-0.2, 0) is 4.74 Å². The molecule has 3 heterocycles. The molecule has 0 aromatic carbocycles. The maximum Gasteiger partial charge on any atom is 0.403 e. The van der Waals surface area contributed by atoms with Crippen molar-refractivity contribution in [1.82, 2.24) is 20.0 Å². The second-order valence-electron chi connectivity index (χ2n) is 8.04. The van der Waals surface area contributed by atoms with Gasteiger partial charge >= 0.3 is 6.18 Å². The Morgan fingerprint density at radius 1 is 1.17 bits per heavy atom. The van der Waals surface area contributed by atoms with Crippen molar-refractivity contribution in [3.8, 4) is 0 Å². The highest BCUT2D eigenvalue weighted by Gasteiger charge is 2.42. The molecule has 0 saturated carbocycles. The first-order valence-electron chi connectivity index (χ1n) is 10.6. The molecule has 3 fully saturated rings. The minimum Gasteiger partial charge on any atom is -0.379 e. The van der Waals surface area contributed by atoms with Gasteiger partial charge in [0.2, 0.25) is 0 Å². The lowest BCUT2D eigenvalue weighted by Gasteiger charge is -2.43. The normalized spacial score (nSPS) is 29.3. The van der Waals surface area contributed by atoms with Crippen molar-refractivity contribution in [3.63, 3.8) is 0 Å². The van der Waals surface area contributed by atoms with Crippen LogP contribution in [0.15, 0.2) is 4.99 Å². The smallest absolute Gasteiger partial charge is 0.379 e. The van der Waals surface area contributed by atoms with Gasteiger partial charge in [-0.2, -0.15) is 24.9 Å². The quantitative estimate of drug-likeness (QED) is 0.522. The number of piperazine rings is 1. The van der Waals surface area contributed by atoms with Crippen molar-refractivity contribution in [2.45, 2.75) is 38.0 Å². The topological polar surface area (TPSA) is 43.3 Å². The van der Waals surface area contributed by atoms with Crippen LogP contribution >= 0.6 is 11.8 Å². The fourth-order valence-corrected chi connectivity index (χ4v) is 5.75. The van der Waals surface area contributed by atoms with Crippen LogP contribution in [0.3, 0.4) is 0 Å². The number of morpholine rings is 1. The summed E-state index contributed by atoms with van der Waals surface area (Å²) in [5.74, 6) is 3.06. The lowest BCUT2D eigenvalue weighted by Crippen LogP contribution is -2.58. The molecule has 3 saturated heterocycles. The van der Waals surface area contributed by atoms with Crippen LogP contribution in [0.5, 0.6) is 0 Å². The summed E-state index contributed by atoms with van der Waals surface area (Å²) in [4.78, 5) is 11.1. The van der Waals surface area contributed by atoms with Gasteiger partial charge in [-0.15, -0.1) is 0 Å². The van der Waals surface area contributed by atoms with Gasteiger partial charge in [-0.3, -0.25) is 14.8 Å². The van der Waals surface area contributed by atoms with E-state index < -0.39 is 12.2 Å². The molecule has 0 bridgehead atoms. The summed E-state index contributed by atoms with van der Waals surface area (Å²) in [6.07, 6.45) is -3.05. The van der Waals surface area contributed by atoms with E-state index in [4.69, 9.17) is 9.73 Å². The first-order valence-corrected chi connectivity index (χ1v) is 11.8. The fraction of sp³-hybridized carbons (Fsp3) is 0.947. The number of hydrogen-bond acceptors (Lipinski definition) is 5. The van der Waals surface area contributed by atoms with Gasteiger partial charge in [0.25, 0.3) is 0 Å². The Morgan fingerprint density at radius 2 is 1.86 bits per heavy atom. The van der Waals surface area contributed by atoms with Crippen molar-refractivity contribution in [3.05, 3.63) is 0 Å². The molecule has 29 heavy (non-hydrogen) atoms. The average Bonchev–Trinajstić information content (AvgIpc) is 3.21. The van der Waals surface area contributed by atoms with Gasteiger partial charge in [-0.25, -0.2) is 0 Å². The summed E-state index contributed by atoms with van der Waals surface area (Å²) in [6, 6.07) is -1.40. The number of thioether (sulfide) groups is 1. The number of ether oxygens (including phenoxy) is 1. The van der Waals surface area contributed by atoms with E-state index >= 15 is 0 Å². The molecule has 168 valence electrons. The van der Waals surface area contributed by atoms with Crippen molar-refractivity contribution in [1.29, 1.82) is 0 Å². The molecule has 10 heteroatoms. The Hall–Kier alpha value is -0.710. The monoisotopic (exact) mass is 437 g/mol. The second-order valence-corrected chi connectivity index (χ2v) is 9.14. The van der Waals surface area contributed by atoms with Gasteiger partial charge in [0, 0.05) is 51.6 Å². The molecule has 6 nitrogen and oxygen atoms in total. The molecule has 2 atom stereocenters. The molecule has 2 unspecified atom stereocenters. The lowest BCUT2D eigenvalue weighted by atomic mass is 9.96. The molecular formula is C19H34F3N5OS. The summed E-state index contributed by atoms with van der Waals surface area (Å²) in [7, 11) is 0. The van der Waals surface area contributed by atoms with E-state index in [0.717, 1.165) is 63.3 Å². The number of aliphatic imine (C=N–C) groups is 1. The molecule has 0 radical (unpaired) electrons. The maximum atomic E-state index is 13.0. The van der Waals surface area contributed by atoms with Crippen molar-refractivity contribution in [2.24, 2.45) is 4.99 Å². The molecule has 0 aliphatic carbocycles. The Kier molecular flexibility index (Phi) is 7.97. The number of nitrogens with one attached hydrogen (secondary N) is 1. The van der Waals surface area contributed by atoms with Gasteiger partial charge in [-0.05, 0) is 26.0 Å². The number of alkyl halides is 3. The van der Waals surface area contributed by atoms with E-state index in [1.807, 2.05) is 18.7 Å². The maximum absolute atomic E-state index is 13.0. The predicted octanol–water partition coefficient (Wildman–Crippen LogP) is 1.73. The van der Waals surface area contributed by atoms with Gasteiger partial charge in [0.15, 0.2) is 5.96 Å². The summed E-state index contributed by atoms with van der Waals surface area (Å²) >= 11 is 1.98. The largest absolute Gasteiger partial charge is 0.403 e.